The second kappa shape index (κ2) is 7.90. The molecule has 0 radical (unpaired) electrons. The topological polar surface area (TPSA) is 49.8 Å². The van der Waals surface area contributed by atoms with Crippen molar-refractivity contribution in [2.45, 2.75) is 37.5 Å². The Hall–Kier alpha value is -1.72. The van der Waals surface area contributed by atoms with E-state index in [4.69, 9.17) is 23.8 Å². The molecule has 1 aliphatic carbocycles. The van der Waals surface area contributed by atoms with Gasteiger partial charge in [0.2, 0.25) is 5.95 Å². The Kier molecular flexibility index (Phi) is 5.63. The number of anilines is 1. The number of aromatic nitrogens is 2. The van der Waals surface area contributed by atoms with Crippen molar-refractivity contribution in [3.05, 3.63) is 53.3 Å². The van der Waals surface area contributed by atoms with E-state index in [1.54, 1.807) is 18.5 Å². The number of nitrogens with zero attached hydrogens (tertiary/aromatic N) is 2. The van der Waals surface area contributed by atoms with Crippen molar-refractivity contribution in [3.63, 3.8) is 0 Å². The van der Waals surface area contributed by atoms with Gasteiger partial charge in [-0.2, -0.15) is 0 Å². The highest BCUT2D eigenvalue weighted by Gasteiger charge is 2.33. The number of halogens is 1. The van der Waals surface area contributed by atoms with Gasteiger partial charge < -0.3 is 10.6 Å². The van der Waals surface area contributed by atoms with E-state index in [9.17, 15) is 0 Å². The minimum atomic E-state index is 0.103. The lowest BCUT2D eigenvalue weighted by Gasteiger charge is -2.38. The van der Waals surface area contributed by atoms with Gasteiger partial charge in [-0.1, -0.05) is 43.0 Å². The quantitative estimate of drug-likeness (QED) is 0.795. The van der Waals surface area contributed by atoms with E-state index < -0.39 is 0 Å². The summed E-state index contributed by atoms with van der Waals surface area (Å²) in [4.78, 5) is 8.27. The van der Waals surface area contributed by atoms with Crippen molar-refractivity contribution in [2.75, 3.05) is 11.9 Å². The van der Waals surface area contributed by atoms with Gasteiger partial charge in [-0.3, -0.25) is 0 Å². The predicted octanol–water partition coefficient (Wildman–Crippen LogP) is 4.32. The summed E-state index contributed by atoms with van der Waals surface area (Å²) in [5.41, 5.74) is 1.43. The maximum Gasteiger partial charge on any atom is 0.228 e. The molecule has 1 saturated carbocycles. The first-order valence-electron chi connectivity index (χ1n) is 8.26. The minimum absolute atomic E-state index is 0.103. The van der Waals surface area contributed by atoms with Gasteiger partial charge in [-0.05, 0) is 48.8 Å². The van der Waals surface area contributed by atoms with Crippen LogP contribution in [-0.4, -0.2) is 21.6 Å². The molecule has 1 aromatic heterocycles. The Balaban J connectivity index is 1.68. The monoisotopic (exact) mass is 360 g/mol. The molecule has 1 aromatic carbocycles. The first kappa shape index (κ1) is 17.1. The first-order chi connectivity index (χ1) is 11.7. The number of benzene rings is 1. The smallest absolute Gasteiger partial charge is 0.228 e. The number of hydrogen-bond donors (Lipinski definition) is 2. The summed E-state index contributed by atoms with van der Waals surface area (Å²) >= 11 is 11.5. The number of rotatable bonds is 4. The van der Waals surface area contributed by atoms with E-state index in [0.29, 0.717) is 11.1 Å². The lowest BCUT2D eigenvalue weighted by molar-refractivity contribution is 0.292. The van der Waals surface area contributed by atoms with Crippen LogP contribution in [0.25, 0.3) is 0 Å². The summed E-state index contributed by atoms with van der Waals surface area (Å²) in [7, 11) is 0. The molecule has 1 fully saturated rings. The predicted molar refractivity (Wildman–Crippen MR) is 102 cm³/mol. The largest absolute Gasteiger partial charge is 0.361 e. The van der Waals surface area contributed by atoms with Gasteiger partial charge in [0.15, 0.2) is 5.11 Å². The highest BCUT2D eigenvalue weighted by Crippen LogP contribution is 2.39. The number of thiocarbonyl (C=S) groups is 1. The van der Waals surface area contributed by atoms with Crippen LogP contribution in [0.1, 0.15) is 37.7 Å². The van der Waals surface area contributed by atoms with Gasteiger partial charge in [0.25, 0.3) is 0 Å². The first-order valence-corrected chi connectivity index (χ1v) is 9.05. The summed E-state index contributed by atoms with van der Waals surface area (Å²) in [6.07, 6.45) is 9.48. The van der Waals surface area contributed by atoms with E-state index in [1.807, 2.05) is 12.1 Å². The third-order valence-electron chi connectivity index (χ3n) is 4.65. The van der Waals surface area contributed by atoms with Crippen molar-refractivity contribution in [1.82, 2.24) is 15.3 Å². The number of nitrogens with one attached hydrogen (secondary N) is 2. The Bertz CT molecular complexity index is 669. The SMILES string of the molecule is S=C(NCC1(c2ccc(Cl)cc2)CCCCC1)Nc1ncccn1. The van der Waals surface area contributed by atoms with Crippen molar-refractivity contribution in [2.24, 2.45) is 0 Å². The lowest BCUT2D eigenvalue weighted by Crippen LogP contribution is -2.43. The molecule has 0 saturated heterocycles. The van der Waals surface area contributed by atoms with Gasteiger partial charge in [0, 0.05) is 29.4 Å². The normalized spacial score (nSPS) is 16.4. The fourth-order valence-electron chi connectivity index (χ4n) is 3.36. The van der Waals surface area contributed by atoms with Crippen molar-refractivity contribution < 1.29 is 0 Å². The molecule has 6 heteroatoms. The average Bonchev–Trinajstić information content (AvgIpc) is 2.62. The van der Waals surface area contributed by atoms with E-state index >= 15 is 0 Å². The van der Waals surface area contributed by atoms with Crippen LogP contribution >= 0.6 is 23.8 Å². The van der Waals surface area contributed by atoms with Crippen LogP contribution in [0.15, 0.2) is 42.7 Å². The van der Waals surface area contributed by atoms with Crippen LogP contribution in [0, 0.1) is 0 Å². The standard InChI is InChI=1S/C18H21ClN4S/c19-15-7-5-14(6-8-15)18(9-2-1-3-10-18)13-22-17(24)23-16-20-11-4-12-21-16/h4-8,11-12H,1-3,9-10,13H2,(H2,20,21,22,23,24). The Morgan fingerprint density at radius 3 is 2.42 bits per heavy atom. The molecular formula is C18H21ClN4S. The highest BCUT2D eigenvalue weighted by molar-refractivity contribution is 7.80. The molecule has 0 unspecified atom stereocenters. The molecular weight excluding hydrogens is 340 g/mol. The third-order valence-corrected chi connectivity index (χ3v) is 5.14. The molecule has 4 nitrogen and oxygen atoms in total. The summed E-state index contributed by atoms with van der Waals surface area (Å²) < 4.78 is 0. The van der Waals surface area contributed by atoms with Gasteiger partial charge in [-0.25, -0.2) is 9.97 Å². The zero-order valence-electron chi connectivity index (χ0n) is 13.5. The van der Waals surface area contributed by atoms with Crippen LogP contribution in [0.5, 0.6) is 0 Å². The summed E-state index contributed by atoms with van der Waals surface area (Å²) in [5.74, 6) is 0.513. The highest BCUT2D eigenvalue weighted by atomic mass is 35.5. The van der Waals surface area contributed by atoms with Crippen LogP contribution in [-0.2, 0) is 5.41 Å². The van der Waals surface area contributed by atoms with Gasteiger partial charge >= 0.3 is 0 Å². The average molecular weight is 361 g/mol. The van der Waals surface area contributed by atoms with Gasteiger partial charge in [-0.15, -0.1) is 0 Å². The maximum absolute atomic E-state index is 6.05. The zero-order valence-corrected chi connectivity index (χ0v) is 15.0. The van der Waals surface area contributed by atoms with Crippen molar-refractivity contribution in [1.29, 1.82) is 0 Å². The molecule has 2 N–H and O–H groups in total. The molecule has 2 aromatic rings. The second-order valence-corrected chi connectivity index (χ2v) is 7.07. The summed E-state index contributed by atoms with van der Waals surface area (Å²) in [6, 6.07) is 10.0. The molecule has 0 atom stereocenters. The fourth-order valence-corrected chi connectivity index (χ4v) is 3.65. The third kappa shape index (κ3) is 4.22. The van der Waals surface area contributed by atoms with E-state index in [0.717, 1.165) is 24.4 Å². The molecule has 0 spiro atoms. The van der Waals surface area contributed by atoms with Crippen LogP contribution in [0.4, 0.5) is 5.95 Å². The Morgan fingerprint density at radius 2 is 1.75 bits per heavy atom. The van der Waals surface area contributed by atoms with Gasteiger partial charge in [0.05, 0.1) is 0 Å². The number of hydrogen-bond acceptors (Lipinski definition) is 3. The molecule has 0 bridgehead atoms. The fraction of sp³-hybridized carbons (Fsp3) is 0.389. The Labute approximate surface area is 153 Å². The summed E-state index contributed by atoms with van der Waals surface area (Å²) in [5, 5.41) is 7.73. The van der Waals surface area contributed by atoms with Crippen LogP contribution in [0.2, 0.25) is 5.02 Å². The zero-order chi connectivity index (χ0) is 16.8. The lowest BCUT2D eigenvalue weighted by atomic mass is 9.69. The second-order valence-electron chi connectivity index (χ2n) is 6.23. The maximum atomic E-state index is 6.05. The molecule has 1 aliphatic rings. The molecule has 3 rings (SSSR count). The van der Waals surface area contributed by atoms with E-state index in [-0.39, 0.29) is 5.41 Å². The van der Waals surface area contributed by atoms with E-state index in [2.05, 4.69) is 32.7 Å². The molecule has 126 valence electrons. The van der Waals surface area contributed by atoms with E-state index in [1.165, 1.54) is 24.8 Å². The van der Waals surface area contributed by atoms with Gasteiger partial charge in [0.1, 0.15) is 0 Å². The molecule has 1 heterocycles. The van der Waals surface area contributed by atoms with Crippen LogP contribution in [0.3, 0.4) is 0 Å². The minimum Gasteiger partial charge on any atom is -0.361 e. The molecule has 24 heavy (non-hydrogen) atoms. The van der Waals surface area contributed by atoms with Crippen molar-refractivity contribution >= 4 is 34.9 Å². The van der Waals surface area contributed by atoms with Crippen LogP contribution < -0.4 is 10.6 Å². The van der Waals surface area contributed by atoms with Crippen molar-refractivity contribution in [3.8, 4) is 0 Å². The Morgan fingerprint density at radius 1 is 1.08 bits per heavy atom. The molecule has 0 amide bonds. The summed E-state index contributed by atoms with van der Waals surface area (Å²) in [6.45, 7) is 0.799. The molecule has 0 aliphatic heterocycles.